The van der Waals surface area contributed by atoms with Crippen LogP contribution in [-0.4, -0.2) is 44.3 Å². The van der Waals surface area contributed by atoms with Gasteiger partial charge in [-0.3, -0.25) is 10.1 Å². The van der Waals surface area contributed by atoms with Gasteiger partial charge in [0.15, 0.2) is 0 Å². The van der Waals surface area contributed by atoms with Crippen molar-refractivity contribution >= 4 is 11.4 Å². The second kappa shape index (κ2) is 5.99. The first kappa shape index (κ1) is 13.8. The molecule has 1 aromatic carbocycles. The molecule has 1 saturated heterocycles. The lowest BCUT2D eigenvalue weighted by Gasteiger charge is -2.29. The molecule has 1 aromatic rings. The molecular weight excluding hydrogens is 246 g/mol. The number of anilines is 1. The number of nitro benzene ring substituents is 1. The number of benzene rings is 1. The van der Waals surface area contributed by atoms with Gasteiger partial charge in [-0.2, -0.15) is 0 Å². The number of ether oxygens (including phenoxy) is 1. The minimum Gasteiger partial charge on any atom is -0.374 e. The van der Waals surface area contributed by atoms with Crippen LogP contribution < -0.4 is 10.2 Å². The molecule has 0 spiro atoms. The number of hydrogen-bond donors (Lipinski definition) is 1. The first-order valence-electron chi connectivity index (χ1n) is 6.36. The highest BCUT2D eigenvalue weighted by Crippen LogP contribution is 2.23. The molecule has 1 N–H and O–H groups in total. The van der Waals surface area contributed by atoms with Crippen molar-refractivity contribution in [1.29, 1.82) is 0 Å². The molecule has 1 fully saturated rings. The standard InChI is InChI=1S/C13H19N3O3/c1-10-7-11(3-4-13(10)16(17)18)15(2)9-12-8-14-5-6-19-12/h3-4,7,12,14H,5-6,8-9H2,1-2H3. The molecular formula is C13H19N3O3. The smallest absolute Gasteiger partial charge is 0.272 e. The lowest BCUT2D eigenvalue weighted by molar-refractivity contribution is -0.385. The molecule has 0 aromatic heterocycles. The lowest BCUT2D eigenvalue weighted by atomic mass is 10.1. The van der Waals surface area contributed by atoms with Gasteiger partial charge >= 0.3 is 0 Å². The van der Waals surface area contributed by atoms with Gasteiger partial charge < -0.3 is 15.0 Å². The number of hydrogen-bond acceptors (Lipinski definition) is 5. The summed E-state index contributed by atoms with van der Waals surface area (Å²) in [5, 5.41) is 14.1. The van der Waals surface area contributed by atoms with Crippen molar-refractivity contribution < 1.29 is 9.66 Å². The zero-order valence-corrected chi connectivity index (χ0v) is 11.3. The summed E-state index contributed by atoms with van der Waals surface area (Å²) in [4.78, 5) is 12.5. The Hall–Kier alpha value is -1.66. The van der Waals surface area contributed by atoms with Gasteiger partial charge in [-0.25, -0.2) is 0 Å². The minimum atomic E-state index is -0.354. The average molecular weight is 265 g/mol. The number of nitrogens with zero attached hydrogens (tertiary/aromatic N) is 2. The third-order valence-corrected chi connectivity index (χ3v) is 3.30. The Morgan fingerprint density at radius 3 is 2.95 bits per heavy atom. The molecule has 0 aliphatic carbocycles. The van der Waals surface area contributed by atoms with Gasteiger partial charge in [0.1, 0.15) is 0 Å². The Morgan fingerprint density at radius 2 is 2.37 bits per heavy atom. The number of likely N-dealkylation sites (N-methyl/N-ethyl adjacent to an activating group) is 1. The largest absolute Gasteiger partial charge is 0.374 e. The van der Waals surface area contributed by atoms with E-state index >= 15 is 0 Å². The van der Waals surface area contributed by atoms with Gasteiger partial charge in [0.25, 0.3) is 5.69 Å². The van der Waals surface area contributed by atoms with Crippen molar-refractivity contribution in [2.75, 3.05) is 38.2 Å². The first-order valence-corrected chi connectivity index (χ1v) is 6.36. The van der Waals surface area contributed by atoms with E-state index in [0.717, 1.165) is 31.9 Å². The van der Waals surface area contributed by atoms with E-state index in [1.165, 1.54) is 0 Å². The molecule has 6 nitrogen and oxygen atoms in total. The van der Waals surface area contributed by atoms with E-state index in [4.69, 9.17) is 4.74 Å². The van der Waals surface area contributed by atoms with Crippen molar-refractivity contribution in [3.8, 4) is 0 Å². The van der Waals surface area contributed by atoms with Gasteiger partial charge in [0.2, 0.25) is 0 Å². The molecule has 19 heavy (non-hydrogen) atoms. The maximum Gasteiger partial charge on any atom is 0.272 e. The Kier molecular flexibility index (Phi) is 4.34. The predicted octanol–water partition coefficient (Wildman–Crippen LogP) is 1.33. The van der Waals surface area contributed by atoms with Crippen LogP contribution in [0.4, 0.5) is 11.4 Å². The van der Waals surface area contributed by atoms with Crippen molar-refractivity contribution in [3.63, 3.8) is 0 Å². The topological polar surface area (TPSA) is 67.6 Å². The summed E-state index contributed by atoms with van der Waals surface area (Å²) >= 11 is 0. The van der Waals surface area contributed by atoms with Crippen molar-refractivity contribution in [3.05, 3.63) is 33.9 Å². The minimum absolute atomic E-state index is 0.160. The van der Waals surface area contributed by atoms with Gasteiger partial charge in [-0.15, -0.1) is 0 Å². The summed E-state index contributed by atoms with van der Waals surface area (Å²) in [5.74, 6) is 0. The molecule has 6 heteroatoms. The van der Waals surface area contributed by atoms with Crippen molar-refractivity contribution in [2.45, 2.75) is 13.0 Å². The highest BCUT2D eigenvalue weighted by molar-refractivity contribution is 5.54. The molecule has 1 atom stereocenters. The SMILES string of the molecule is Cc1cc(N(C)CC2CNCCO2)ccc1[N+](=O)[O-]. The Balaban J connectivity index is 2.04. The van der Waals surface area contributed by atoms with Gasteiger partial charge in [-0.1, -0.05) is 0 Å². The second-order valence-corrected chi connectivity index (χ2v) is 4.81. The van der Waals surface area contributed by atoms with Crippen LogP contribution in [0.1, 0.15) is 5.56 Å². The van der Waals surface area contributed by atoms with Crippen LogP contribution in [0.2, 0.25) is 0 Å². The van der Waals surface area contributed by atoms with E-state index in [0.29, 0.717) is 5.56 Å². The van der Waals surface area contributed by atoms with Crippen LogP contribution in [0.15, 0.2) is 18.2 Å². The summed E-state index contributed by atoms with van der Waals surface area (Å²) in [7, 11) is 1.97. The fourth-order valence-electron chi connectivity index (χ4n) is 2.23. The highest BCUT2D eigenvalue weighted by Gasteiger charge is 2.17. The van der Waals surface area contributed by atoms with E-state index < -0.39 is 0 Å². The average Bonchev–Trinajstić information content (AvgIpc) is 2.39. The van der Waals surface area contributed by atoms with Crippen LogP contribution in [0.5, 0.6) is 0 Å². The van der Waals surface area contributed by atoms with Crippen molar-refractivity contribution in [1.82, 2.24) is 5.32 Å². The second-order valence-electron chi connectivity index (χ2n) is 4.81. The fraction of sp³-hybridized carbons (Fsp3) is 0.538. The summed E-state index contributed by atoms with van der Waals surface area (Å²) in [6, 6.07) is 5.18. The number of aryl methyl sites for hydroxylation is 1. The monoisotopic (exact) mass is 265 g/mol. The molecule has 104 valence electrons. The molecule has 1 unspecified atom stereocenters. The Labute approximate surface area is 112 Å². The first-order chi connectivity index (χ1) is 9.08. The van der Waals surface area contributed by atoms with Gasteiger partial charge in [-0.05, 0) is 19.1 Å². The Bertz CT molecular complexity index is 458. The van der Waals surface area contributed by atoms with E-state index in [1.54, 1.807) is 19.1 Å². The zero-order valence-electron chi connectivity index (χ0n) is 11.3. The molecule has 0 saturated carbocycles. The molecule has 0 radical (unpaired) electrons. The van der Waals surface area contributed by atoms with Crippen molar-refractivity contribution in [2.24, 2.45) is 0 Å². The molecule has 0 amide bonds. The van der Waals surface area contributed by atoms with Crippen LogP contribution >= 0.6 is 0 Å². The van der Waals surface area contributed by atoms with Gasteiger partial charge in [0, 0.05) is 44.0 Å². The Morgan fingerprint density at radius 1 is 1.58 bits per heavy atom. The normalized spacial score (nSPS) is 19.2. The van der Waals surface area contributed by atoms with Crippen LogP contribution in [0.25, 0.3) is 0 Å². The molecule has 1 aliphatic rings. The molecule has 1 heterocycles. The molecule has 0 bridgehead atoms. The summed E-state index contributed by atoms with van der Waals surface area (Å²) in [5.41, 5.74) is 1.81. The van der Waals surface area contributed by atoms with Gasteiger partial charge in [0.05, 0.1) is 17.6 Å². The number of nitro groups is 1. The third kappa shape index (κ3) is 3.42. The zero-order chi connectivity index (χ0) is 13.8. The highest BCUT2D eigenvalue weighted by atomic mass is 16.6. The van der Waals surface area contributed by atoms with Crippen LogP contribution in [-0.2, 0) is 4.74 Å². The third-order valence-electron chi connectivity index (χ3n) is 3.30. The van der Waals surface area contributed by atoms with E-state index in [2.05, 4.69) is 10.2 Å². The number of nitrogens with one attached hydrogen (secondary N) is 1. The number of rotatable bonds is 4. The van der Waals surface area contributed by atoms with E-state index in [-0.39, 0.29) is 16.7 Å². The quantitative estimate of drug-likeness (QED) is 0.657. The fourth-order valence-corrected chi connectivity index (χ4v) is 2.23. The van der Waals surface area contributed by atoms with E-state index in [1.807, 2.05) is 13.1 Å². The van der Waals surface area contributed by atoms with Crippen LogP contribution in [0.3, 0.4) is 0 Å². The molecule has 1 aliphatic heterocycles. The van der Waals surface area contributed by atoms with Crippen LogP contribution in [0, 0.1) is 17.0 Å². The number of morpholine rings is 1. The summed E-state index contributed by atoms with van der Waals surface area (Å²) < 4.78 is 5.65. The molecule has 2 rings (SSSR count). The lowest BCUT2D eigenvalue weighted by Crippen LogP contribution is -2.44. The predicted molar refractivity (Wildman–Crippen MR) is 73.7 cm³/mol. The maximum absolute atomic E-state index is 10.8. The van der Waals surface area contributed by atoms with E-state index in [9.17, 15) is 10.1 Å². The summed E-state index contributed by atoms with van der Waals surface area (Å²) in [6.07, 6.45) is 0.161. The summed E-state index contributed by atoms with van der Waals surface area (Å²) in [6.45, 7) is 5.00. The maximum atomic E-state index is 10.8.